The van der Waals surface area contributed by atoms with Gasteiger partial charge in [-0.2, -0.15) is 0 Å². The summed E-state index contributed by atoms with van der Waals surface area (Å²) in [7, 11) is 0. The fraction of sp³-hybridized carbons (Fsp3) is 0.125. The van der Waals surface area contributed by atoms with Crippen LogP contribution in [0.3, 0.4) is 0 Å². The lowest BCUT2D eigenvalue weighted by molar-refractivity contribution is -0.128. The van der Waals surface area contributed by atoms with Crippen molar-refractivity contribution in [1.29, 1.82) is 0 Å². The van der Waals surface area contributed by atoms with Crippen molar-refractivity contribution in [2.45, 2.75) is 12.6 Å². The van der Waals surface area contributed by atoms with E-state index in [2.05, 4.69) is 10.4 Å². The van der Waals surface area contributed by atoms with Gasteiger partial charge in [0.05, 0.1) is 0 Å². The SMILES string of the molecule is NC(=O)[C@H](NC(=O)Cn1nc2ccccn2c1=O)c1ccccc1. The van der Waals surface area contributed by atoms with E-state index in [-0.39, 0.29) is 6.54 Å². The van der Waals surface area contributed by atoms with Gasteiger partial charge in [-0.05, 0) is 17.7 Å². The molecule has 0 unspecified atom stereocenters. The summed E-state index contributed by atoms with van der Waals surface area (Å²) in [5.41, 5.74) is 5.93. The molecule has 24 heavy (non-hydrogen) atoms. The molecule has 1 aromatic carbocycles. The molecule has 2 aromatic heterocycles. The number of pyridine rings is 1. The lowest BCUT2D eigenvalue weighted by atomic mass is 10.1. The molecular weight excluding hydrogens is 310 g/mol. The molecule has 0 aliphatic heterocycles. The number of carbonyl (C=O) groups excluding carboxylic acids is 2. The number of hydrogen-bond acceptors (Lipinski definition) is 4. The van der Waals surface area contributed by atoms with Gasteiger partial charge in [0.25, 0.3) is 0 Å². The first-order chi connectivity index (χ1) is 11.6. The zero-order valence-electron chi connectivity index (χ0n) is 12.6. The lowest BCUT2D eigenvalue weighted by Gasteiger charge is -2.15. The normalized spacial score (nSPS) is 12.0. The first-order valence-electron chi connectivity index (χ1n) is 7.24. The van der Waals surface area contributed by atoms with Gasteiger partial charge in [-0.15, -0.1) is 5.10 Å². The molecule has 0 saturated heterocycles. The van der Waals surface area contributed by atoms with Gasteiger partial charge in [-0.25, -0.2) is 9.48 Å². The van der Waals surface area contributed by atoms with Crippen LogP contribution in [0, 0.1) is 0 Å². The largest absolute Gasteiger partial charge is 0.368 e. The number of benzene rings is 1. The average Bonchev–Trinajstić information content (AvgIpc) is 2.89. The number of nitrogens with zero attached hydrogens (tertiary/aromatic N) is 3. The highest BCUT2D eigenvalue weighted by atomic mass is 16.2. The second-order valence-corrected chi connectivity index (χ2v) is 5.18. The summed E-state index contributed by atoms with van der Waals surface area (Å²) >= 11 is 0. The smallest absolute Gasteiger partial charge is 0.350 e. The maximum absolute atomic E-state index is 12.2. The second-order valence-electron chi connectivity index (χ2n) is 5.18. The van der Waals surface area contributed by atoms with E-state index in [4.69, 9.17) is 5.73 Å². The molecule has 0 spiro atoms. The molecule has 3 rings (SSSR count). The average molecular weight is 325 g/mol. The Hall–Kier alpha value is -3.42. The van der Waals surface area contributed by atoms with Crippen molar-refractivity contribution >= 4 is 17.5 Å². The number of hydrogen-bond donors (Lipinski definition) is 2. The summed E-state index contributed by atoms with van der Waals surface area (Å²) < 4.78 is 2.36. The van der Waals surface area contributed by atoms with Crippen molar-refractivity contribution in [1.82, 2.24) is 19.5 Å². The van der Waals surface area contributed by atoms with Crippen LogP contribution < -0.4 is 16.7 Å². The Labute approximate surface area is 136 Å². The molecule has 8 heteroatoms. The summed E-state index contributed by atoms with van der Waals surface area (Å²) in [4.78, 5) is 36.0. The molecule has 0 aliphatic rings. The van der Waals surface area contributed by atoms with Gasteiger partial charge in [0.15, 0.2) is 5.65 Å². The number of carbonyl (C=O) groups is 2. The van der Waals surface area contributed by atoms with Gasteiger partial charge in [-0.1, -0.05) is 36.4 Å². The molecule has 122 valence electrons. The van der Waals surface area contributed by atoms with Gasteiger partial charge in [0, 0.05) is 6.20 Å². The van der Waals surface area contributed by atoms with Crippen molar-refractivity contribution < 1.29 is 9.59 Å². The predicted molar refractivity (Wildman–Crippen MR) is 86.0 cm³/mol. The van der Waals surface area contributed by atoms with Crippen LogP contribution in [-0.2, 0) is 16.1 Å². The highest BCUT2D eigenvalue weighted by molar-refractivity contribution is 5.87. The maximum Gasteiger partial charge on any atom is 0.350 e. The van der Waals surface area contributed by atoms with Crippen LogP contribution in [0.2, 0.25) is 0 Å². The Morgan fingerprint density at radius 3 is 2.50 bits per heavy atom. The summed E-state index contributed by atoms with van der Waals surface area (Å²) in [5.74, 6) is -1.22. The monoisotopic (exact) mass is 325 g/mol. The van der Waals surface area contributed by atoms with Gasteiger partial charge in [0.1, 0.15) is 12.6 Å². The van der Waals surface area contributed by atoms with E-state index in [1.165, 1.54) is 4.40 Å². The zero-order valence-corrected chi connectivity index (χ0v) is 12.6. The molecule has 0 fully saturated rings. The van der Waals surface area contributed by atoms with Crippen molar-refractivity contribution in [2.75, 3.05) is 0 Å². The van der Waals surface area contributed by atoms with Gasteiger partial charge in [-0.3, -0.25) is 14.0 Å². The van der Waals surface area contributed by atoms with E-state index in [1.807, 2.05) is 0 Å². The quantitative estimate of drug-likeness (QED) is 0.679. The molecular formula is C16H15N5O3. The Morgan fingerprint density at radius 1 is 1.12 bits per heavy atom. The highest BCUT2D eigenvalue weighted by Gasteiger charge is 2.21. The topological polar surface area (TPSA) is 111 Å². The summed E-state index contributed by atoms with van der Waals surface area (Å²) in [6.07, 6.45) is 1.56. The molecule has 0 radical (unpaired) electrons. The van der Waals surface area contributed by atoms with Crippen molar-refractivity contribution in [3.8, 4) is 0 Å². The van der Waals surface area contributed by atoms with Crippen molar-refractivity contribution in [2.24, 2.45) is 5.73 Å². The van der Waals surface area contributed by atoms with Crippen LogP contribution in [0.25, 0.3) is 5.65 Å². The third-order valence-electron chi connectivity index (χ3n) is 3.50. The van der Waals surface area contributed by atoms with Gasteiger partial charge in [0.2, 0.25) is 11.8 Å². The molecule has 0 bridgehead atoms. The summed E-state index contributed by atoms with van der Waals surface area (Å²) in [6, 6.07) is 12.8. The van der Waals surface area contributed by atoms with Crippen LogP contribution in [0.5, 0.6) is 0 Å². The van der Waals surface area contributed by atoms with Crippen LogP contribution in [0.1, 0.15) is 11.6 Å². The minimum atomic E-state index is -0.966. The van der Waals surface area contributed by atoms with E-state index in [0.717, 1.165) is 4.68 Å². The highest BCUT2D eigenvalue weighted by Crippen LogP contribution is 2.11. The summed E-state index contributed by atoms with van der Waals surface area (Å²) in [6.45, 7) is -0.308. The molecule has 0 aliphatic carbocycles. The third-order valence-corrected chi connectivity index (χ3v) is 3.50. The molecule has 2 heterocycles. The van der Waals surface area contributed by atoms with E-state index >= 15 is 0 Å². The minimum Gasteiger partial charge on any atom is -0.368 e. The number of fused-ring (bicyclic) bond motifs is 1. The molecule has 3 aromatic rings. The molecule has 2 amide bonds. The second kappa shape index (κ2) is 6.37. The van der Waals surface area contributed by atoms with Crippen molar-refractivity contribution in [3.05, 3.63) is 70.8 Å². The fourth-order valence-electron chi connectivity index (χ4n) is 2.38. The Bertz CT molecular complexity index is 945. The zero-order chi connectivity index (χ0) is 17.1. The standard InChI is InChI=1S/C16H15N5O3/c17-15(23)14(11-6-2-1-3-7-11)18-13(22)10-21-16(24)20-9-5-4-8-12(20)19-21/h1-9,14H,10H2,(H2,17,23)(H,18,22)/t14-/m1/s1. The van der Waals surface area contributed by atoms with Gasteiger partial charge < -0.3 is 11.1 Å². The predicted octanol–water partition coefficient (Wildman–Crippen LogP) is -0.161. The number of amides is 2. The van der Waals surface area contributed by atoms with Crippen LogP contribution in [0.15, 0.2) is 59.5 Å². The molecule has 0 saturated carbocycles. The van der Waals surface area contributed by atoms with E-state index in [9.17, 15) is 14.4 Å². The van der Waals surface area contributed by atoms with Crippen LogP contribution in [0.4, 0.5) is 0 Å². The first-order valence-corrected chi connectivity index (χ1v) is 7.24. The maximum atomic E-state index is 12.2. The third kappa shape index (κ3) is 3.02. The number of primary amides is 1. The molecule has 3 N–H and O–H groups in total. The van der Waals surface area contributed by atoms with E-state index in [1.54, 1.807) is 54.7 Å². The van der Waals surface area contributed by atoms with Gasteiger partial charge >= 0.3 is 5.69 Å². The number of nitrogens with two attached hydrogens (primary N) is 1. The Morgan fingerprint density at radius 2 is 1.83 bits per heavy atom. The lowest BCUT2D eigenvalue weighted by Crippen LogP contribution is -2.40. The Balaban J connectivity index is 1.80. The van der Waals surface area contributed by atoms with Crippen molar-refractivity contribution in [3.63, 3.8) is 0 Å². The molecule has 1 atom stereocenters. The van der Waals surface area contributed by atoms with Crippen LogP contribution in [-0.4, -0.2) is 26.0 Å². The first kappa shape index (κ1) is 15.5. The summed E-state index contributed by atoms with van der Waals surface area (Å²) in [5, 5.41) is 6.60. The van der Waals surface area contributed by atoms with E-state index < -0.39 is 23.5 Å². The van der Waals surface area contributed by atoms with Crippen LogP contribution >= 0.6 is 0 Å². The number of rotatable bonds is 5. The minimum absolute atomic E-state index is 0.308. The number of aromatic nitrogens is 3. The Kier molecular flexibility index (Phi) is 4.11. The number of nitrogens with one attached hydrogen (secondary N) is 1. The fourth-order valence-corrected chi connectivity index (χ4v) is 2.38. The molecule has 8 nitrogen and oxygen atoms in total. The van der Waals surface area contributed by atoms with E-state index in [0.29, 0.717) is 11.2 Å².